The minimum absolute atomic E-state index is 0.0598. The van der Waals surface area contributed by atoms with Gasteiger partial charge in [-0.2, -0.15) is 0 Å². The lowest BCUT2D eigenvalue weighted by Gasteiger charge is -2.47. The van der Waals surface area contributed by atoms with E-state index >= 15 is 0 Å². The molecule has 2 fully saturated rings. The molecule has 3 heteroatoms. The van der Waals surface area contributed by atoms with E-state index in [4.69, 9.17) is 9.47 Å². The van der Waals surface area contributed by atoms with Crippen LogP contribution in [-0.2, 0) is 15.9 Å². The van der Waals surface area contributed by atoms with Crippen LogP contribution in [0.15, 0.2) is 42.0 Å². The van der Waals surface area contributed by atoms with Crippen LogP contribution in [0.4, 0.5) is 0 Å². The molecule has 1 aliphatic heterocycles. The first-order chi connectivity index (χ1) is 10.5. The molecule has 1 saturated carbocycles. The molecule has 1 N–H and O–H groups in total. The van der Waals surface area contributed by atoms with Crippen molar-refractivity contribution in [2.45, 2.75) is 51.4 Å². The van der Waals surface area contributed by atoms with Crippen molar-refractivity contribution in [2.24, 2.45) is 5.41 Å². The van der Waals surface area contributed by atoms with Crippen LogP contribution < -0.4 is 0 Å². The fourth-order valence-corrected chi connectivity index (χ4v) is 3.49. The van der Waals surface area contributed by atoms with Crippen LogP contribution in [-0.4, -0.2) is 30.2 Å². The second-order valence-electron chi connectivity index (χ2n) is 7.27. The summed E-state index contributed by atoms with van der Waals surface area (Å²) in [6.07, 6.45) is 5.42. The zero-order valence-corrected chi connectivity index (χ0v) is 13.5. The molecule has 120 valence electrons. The summed E-state index contributed by atoms with van der Waals surface area (Å²) in [6, 6.07) is 10.4. The Morgan fingerprint density at radius 1 is 1.18 bits per heavy atom. The lowest BCUT2D eigenvalue weighted by molar-refractivity contribution is -0.290. The van der Waals surface area contributed by atoms with Gasteiger partial charge in [-0.05, 0) is 45.1 Å². The van der Waals surface area contributed by atoms with Gasteiger partial charge in [-0.1, -0.05) is 42.0 Å². The number of allylic oxidation sites excluding steroid dienone is 1. The summed E-state index contributed by atoms with van der Waals surface area (Å²) in [4.78, 5) is 0. The van der Waals surface area contributed by atoms with Crippen LogP contribution in [0.25, 0.3) is 0 Å². The average Bonchev–Trinajstić information content (AvgIpc) is 2.49. The van der Waals surface area contributed by atoms with Crippen molar-refractivity contribution in [3.05, 3.63) is 47.5 Å². The van der Waals surface area contributed by atoms with E-state index in [1.165, 1.54) is 11.1 Å². The van der Waals surface area contributed by atoms with Crippen LogP contribution in [0.1, 0.15) is 38.7 Å². The highest BCUT2D eigenvalue weighted by Crippen LogP contribution is 2.43. The Morgan fingerprint density at radius 2 is 1.86 bits per heavy atom. The monoisotopic (exact) mass is 302 g/mol. The Morgan fingerprint density at radius 3 is 2.55 bits per heavy atom. The van der Waals surface area contributed by atoms with Crippen LogP contribution >= 0.6 is 0 Å². The van der Waals surface area contributed by atoms with Crippen molar-refractivity contribution in [2.75, 3.05) is 13.2 Å². The SMILES string of the molecule is CC1(C)OCC2(CO1)C/C(=C/Cc1ccccc1)CC(O)C2. The summed E-state index contributed by atoms with van der Waals surface area (Å²) >= 11 is 0. The van der Waals surface area contributed by atoms with Gasteiger partial charge in [-0.15, -0.1) is 0 Å². The normalized spacial score (nSPS) is 28.9. The molecule has 0 amide bonds. The predicted octanol–water partition coefficient (Wildman–Crippen LogP) is 3.47. The van der Waals surface area contributed by atoms with Gasteiger partial charge in [-0.25, -0.2) is 0 Å². The van der Waals surface area contributed by atoms with E-state index in [0.717, 1.165) is 25.7 Å². The lowest BCUT2D eigenvalue weighted by Crippen LogP contribution is -2.49. The van der Waals surface area contributed by atoms with Crippen molar-refractivity contribution in [3.63, 3.8) is 0 Å². The second kappa shape index (κ2) is 6.15. The Bertz CT molecular complexity index is 523. The van der Waals surface area contributed by atoms with Crippen molar-refractivity contribution < 1.29 is 14.6 Å². The molecule has 3 nitrogen and oxygen atoms in total. The first-order valence-corrected chi connectivity index (χ1v) is 8.14. The highest BCUT2D eigenvalue weighted by molar-refractivity contribution is 5.21. The fraction of sp³-hybridized carbons (Fsp3) is 0.579. The molecule has 1 heterocycles. The average molecular weight is 302 g/mol. The summed E-state index contributed by atoms with van der Waals surface area (Å²) in [7, 11) is 0. The largest absolute Gasteiger partial charge is 0.393 e. The third kappa shape index (κ3) is 3.78. The van der Waals surface area contributed by atoms with Crippen molar-refractivity contribution >= 4 is 0 Å². The van der Waals surface area contributed by atoms with E-state index in [1.54, 1.807) is 0 Å². The number of benzene rings is 1. The number of aliphatic hydroxyl groups is 1. The molecular weight excluding hydrogens is 276 g/mol. The maximum Gasteiger partial charge on any atom is 0.162 e. The number of hydrogen-bond acceptors (Lipinski definition) is 3. The zero-order valence-electron chi connectivity index (χ0n) is 13.5. The van der Waals surface area contributed by atoms with Gasteiger partial charge in [0, 0.05) is 5.41 Å². The molecule has 2 aliphatic rings. The molecular formula is C19H26O3. The summed E-state index contributed by atoms with van der Waals surface area (Å²) in [5, 5.41) is 10.3. The summed E-state index contributed by atoms with van der Waals surface area (Å²) in [5.41, 5.74) is 2.58. The number of hydrogen-bond donors (Lipinski definition) is 1. The van der Waals surface area contributed by atoms with E-state index in [0.29, 0.717) is 13.2 Å². The number of aliphatic hydroxyl groups excluding tert-OH is 1. The Labute approximate surface area is 132 Å². The van der Waals surface area contributed by atoms with Crippen LogP contribution in [0, 0.1) is 5.41 Å². The molecule has 1 unspecified atom stereocenters. The Balaban J connectivity index is 1.68. The maximum atomic E-state index is 10.3. The minimum atomic E-state index is -0.498. The zero-order chi connectivity index (χ0) is 15.6. The molecule has 0 aromatic heterocycles. The third-order valence-corrected chi connectivity index (χ3v) is 4.69. The van der Waals surface area contributed by atoms with Crippen molar-refractivity contribution in [3.8, 4) is 0 Å². The molecule has 1 aliphatic carbocycles. The molecule has 1 spiro atoms. The topological polar surface area (TPSA) is 38.7 Å². The van der Waals surface area contributed by atoms with E-state index in [9.17, 15) is 5.11 Å². The van der Waals surface area contributed by atoms with Gasteiger partial charge in [0.05, 0.1) is 19.3 Å². The maximum absolute atomic E-state index is 10.3. The fourth-order valence-electron chi connectivity index (χ4n) is 3.49. The molecule has 1 aromatic rings. The molecule has 0 radical (unpaired) electrons. The molecule has 1 aromatic carbocycles. The number of ether oxygens (including phenoxy) is 2. The summed E-state index contributed by atoms with van der Waals surface area (Å²) in [6.45, 7) is 5.23. The Hall–Kier alpha value is -1.16. The highest BCUT2D eigenvalue weighted by Gasteiger charge is 2.44. The van der Waals surface area contributed by atoms with E-state index < -0.39 is 5.79 Å². The summed E-state index contributed by atoms with van der Waals surface area (Å²) < 4.78 is 11.7. The van der Waals surface area contributed by atoms with Crippen LogP contribution in [0.3, 0.4) is 0 Å². The first-order valence-electron chi connectivity index (χ1n) is 8.14. The molecule has 22 heavy (non-hydrogen) atoms. The molecule has 1 saturated heterocycles. The van der Waals surface area contributed by atoms with Gasteiger partial charge < -0.3 is 14.6 Å². The Kier molecular flexibility index (Phi) is 4.40. The van der Waals surface area contributed by atoms with Gasteiger partial charge in [0.1, 0.15) is 0 Å². The second-order valence-corrected chi connectivity index (χ2v) is 7.27. The van der Waals surface area contributed by atoms with E-state index in [2.05, 4.69) is 30.3 Å². The molecule has 0 bridgehead atoms. The van der Waals surface area contributed by atoms with Gasteiger partial charge in [0.2, 0.25) is 0 Å². The van der Waals surface area contributed by atoms with Crippen LogP contribution in [0.2, 0.25) is 0 Å². The molecule has 1 atom stereocenters. The van der Waals surface area contributed by atoms with Crippen molar-refractivity contribution in [1.82, 2.24) is 0 Å². The quantitative estimate of drug-likeness (QED) is 0.850. The molecule has 3 rings (SSSR count). The lowest BCUT2D eigenvalue weighted by atomic mass is 9.71. The van der Waals surface area contributed by atoms with Gasteiger partial charge >= 0.3 is 0 Å². The van der Waals surface area contributed by atoms with Crippen molar-refractivity contribution in [1.29, 1.82) is 0 Å². The third-order valence-electron chi connectivity index (χ3n) is 4.69. The van der Waals surface area contributed by atoms with E-state index in [1.807, 2.05) is 19.9 Å². The van der Waals surface area contributed by atoms with Gasteiger partial charge in [0.25, 0.3) is 0 Å². The minimum Gasteiger partial charge on any atom is -0.393 e. The number of rotatable bonds is 2. The first kappa shape index (κ1) is 15.7. The standard InChI is InChI=1S/C19H26O3/c1-18(2)21-13-19(14-22-18)11-16(10-17(20)12-19)9-8-15-6-4-3-5-7-15/h3-7,9,17,20H,8,10-14H2,1-2H3/b16-9+. The van der Waals surface area contributed by atoms with E-state index in [-0.39, 0.29) is 11.5 Å². The summed E-state index contributed by atoms with van der Waals surface area (Å²) in [5.74, 6) is -0.498. The smallest absolute Gasteiger partial charge is 0.162 e. The van der Waals surface area contributed by atoms with Gasteiger partial charge in [-0.3, -0.25) is 0 Å². The van der Waals surface area contributed by atoms with Gasteiger partial charge in [0.15, 0.2) is 5.79 Å². The highest BCUT2D eigenvalue weighted by atomic mass is 16.7. The predicted molar refractivity (Wildman–Crippen MR) is 86.5 cm³/mol. The van der Waals surface area contributed by atoms with Crippen LogP contribution in [0.5, 0.6) is 0 Å².